The number of ether oxygens (including phenoxy) is 1. The molecule has 1 aliphatic rings. The third-order valence-corrected chi connectivity index (χ3v) is 4.60. The van der Waals surface area contributed by atoms with Gasteiger partial charge in [-0.25, -0.2) is 5.01 Å². The molecule has 5 heteroatoms. The fourth-order valence-corrected chi connectivity index (χ4v) is 3.17. The topological polar surface area (TPSA) is 58.6 Å². The summed E-state index contributed by atoms with van der Waals surface area (Å²) >= 11 is 0. The lowest BCUT2D eigenvalue weighted by atomic mass is 10.1. The SMILES string of the molecule is Cc1cccc(COc2ccccc2C=C2C(=O)NN(c3ccccc3)C2=O)c1. The Morgan fingerprint density at radius 1 is 0.931 bits per heavy atom. The number of nitrogens with zero attached hydrogens (tertiary/aromatic N) is 1. The molecule has 144 valence electrons. The van der Waals surface area contributed by atoms with E-state index in [4.69, 9.17) is 4.74 Å². The molecule has 0 bridgehead atoms. The zero-order valence-corrected chi connectivity index (χ0v) is 16.0. The molecule has 2 amide bonds. The molecule has 1 fully saturated rings. The van der Waals surface area contributed by atoms with E-state index >= 15 is 0 Å². The molecule has 3 aromatic rings. The Balaban J connectivity index is 1.58. The van der Waals surface area contributed by atoms with Crippen LogP contribution in [0.5, 0.6) is 5.75 Å². The van der Waals surface area contributed by atoms with Gasteiger partial charge in [0, 0.05) is 5.56 Å². The van der Waals surface area contributed by atoms with Gasteiger partial charge in [-0.2, -0.15) is 0 Å². The van der Waals surface area contributed by atoms with Crippen LogP contribution in [0.3, 0.4) is 0 Å². The number of hydrogen-bond acceptors (Lipinski definition) is 3. The van der Waals surface area contributed by atoms with Crippen LogP contribution >= 0.6 is 0 Å². The molecule has 3 aromatic carbocycles. The minimum absolute atomic E-state index is 0.0699. The molecule has 1 heterocycles. The number of carbonyl (C=O) groups is 2. The molecule has 1 aliphatic heterocycles. The number of rotatable bonds is 5. The summed E-state index contributed by atoms with van der Waals surface area (Å²) in [6.07, 6.45) is 1.58. The first-order valence-corrected chi connectivity index (χ1v) is 9.31. The van der Waals surface area contributed by atoms with Gasteiger partial charge in [-0.15, -0.1) is 0 Å². The molecule has 0 spiro atoms. The summed E-state index contributed by atoms with van der Waals surface area (Å²) in [5.41, 5.74) is 6.18. The predicted octanol–water partition coefficient (Wildman–Crippen LogP) is 4.04. The molecular formula is C24H20N2O3. The maximum atomic E-state index is 12.8. The first-order chi connectivity index (χ1) is 14.1. The van der Waals surface area contributed by atoms with Gasteiger partial charge >= 0.3 is 0 Å². The van der Waals surface area contributed by atoms with Crippen LogP contribution < -0.4 is 15.2 Å². The summed E-state index contributed by atoms with van der Waals surface area (Å²) in [5, 5.41) is 1.25. The second-order valence-corrected chi connectivity index (χ2v) is 6.79. The zero-order valence-electron chi connectivity index (χ0n) is 16.0. The lowest BCUT2D eigenvalue weighted by Gasteiger charge is -2.14. The first kappa shape index (κ1) is 18.5. The average Bonchev–Trinajstić information content (AvgIpc) is 3.02. The summed E-state index contributed by atoms with van der Waals surface area (Å²) in [7, 11) is 0. The molecule has 0 aliphatic carbocycles. The first-order valence-electron chi connectivity index (χ1n) is 9.31. The Morgan fingerprint density at radius 3 is 2.48 bits per heavy atom. The van der Waals surface area contributed by atoms with E-state index < -0.39 is 11.8 Å². The Labute approximate surface area is 169 Å². The highest BCUT2D eigenvalue weighted by Crippen LogP contribution is 2.26. The Hall–Kier alpha value is -3.86. The van der Waals surface area contributed by atoms with Crippen LogP contribution in [0.15, 0.2) is 84.4 Å². The van der Waals surface area contributed by atoms with Gasteiger partial charge in [0.1, 0.15) is 17.9 Å². The third-order valence-electron chi connectivity index (χ3n) is 4.60. The van der Waals surface area contributed by atoms with E-state index in [1.807, 2.05) is 67.6 Å². The minimum atomic E-state index is -0.438. The van der Waals surface area contributed by atoms with Gasteiger partial charge in [-0.3, -0.25) is 15.0 Å². The number of aryl methyl sites for hydroxylation is 1. The average molecular weight is 384 g/mol. The van der Waals surface area contributed by atoms with Crippen molar-refractivity contribution in [2.45, 2.75) is 13.5 Å². The van der Waals surface area contributed by atoms with E-state index in [1.165, 1.54) is 5.01 Å². The van der Waals surface area contributed by atoms with Crippen molar-refractivity contribution >= 4 is 23.6 Å². The number of amides is 2. The lowest BCUT2D eigenvalue weighted by molar-refractivity contribution is -0.117. The largest absolute Gasteiger partial charge is 0.488 e. The van der Waals surface area contributed by atoms with Crippen LogP contribution in [-0.4, -0.2) is 11.8 Å². The molecule has 0 atom stereocenters. The number of hydrogen-bond donors (Lipinski definition) is 1. The van der Waals surface area contributed by atoms with E-state index in [0.29, 0.717) is 23.6 Å². The fourth-order valence-electron chi connectivity index (χ4n) is 3.17. The van der Waals surface area contributed by atoms with Crippen molar-refractivity contribution in [3.63, 3.8) is 0 Å². The van der Waals surface area contributed by atoms with Gasteiger partial charge < -0.3 is 4.74 Å². The van der Waals surface area contributed by atoms with Crippen molar-refractivity contribution < 1.29 is 14.3 Å². The number of carbonyl (C=O) groups excluding carboxylic acids is 2. The maximum Gasteiger partial charge on any atom is 0.282 e. The number of hydrazine groups is 1. The Kier molecular flexibility index (Phi) is 5.12. The zero-order chi connectivity index (χ0) is 20.2. The second kappa shape index (κ2) is 8.02. The molecule has 4 rings (SSSR count). The van der Waals surface area contributed by atoms with E-state index in [0.717, 1.165) is 11.1 Å². The normalized spacial score (nSPS) is 14.9. The molecule has 29 heavy (non-hydrogen) atoms. The van der Waals surface area contributed by atoms with E-state index in [9.17, 15) is 9.59 Å². The highest BCUT2D eigenvalue weighted by atomic mass is 16.5. The van der Waals surface area contributed by atoms with Gasteiger partial charge in [0.2, 0.25) is 0 Å². The second-order valence-electron chi connectivity index (χ2n) is 6.79. The van der Waals surface area contributed by atoms with Crippen LogP contribution in [0.4, 0.5) is 5.69 Å². The maximum absolute atomic E-state index is 12.8. The van der Waals surface area contributed by atoms with Crippen molar-refractivity contribution in [2.75, 3.05) is 5.01 Å². The van der Waals surface area contributed by atoms with Crippen LogP contribution in [0, 0.1) is 6.92 Å². The molecule has 1 N–H and O–H groups in total. The number of para-hydroxylation sites is 2. The third kappa shape index (κ3) is 4.04. The molecular weight excluding hydrogens is 364 g/mol. The van der Waals surface area contributed by atoms with E-state index in [1.54, 1.807) is 18.2 Å². The fraction of sp³-hybridized carbons (Fsp3) is 0.0833. The Morgan fingerprint density at radius 2 is 1.69 bits per heavy atom. The van der Waals surface area contributed by atoms with Gasteiger partial charge in [0.05, 0.1) is 5.69 Å². The molecule has 5 nitrogen and oxygen atoms in total. The molecule has 0 aromatic heterocycles. The van der Waals surface area contributed by atoms with Gasteiger partial charge in [-0.1, -0.05) is 66.2 Å². The number of nitrogens with one attached hydrogen (secondary N) is 1. The quantitative estimate of drug-likeness (QED) is 0.534. The predicted molar refractivity (Wildman–Crippen MR) is 112 cm³/mol. The van der Waals surface area contributed by atoms with Crippen LogP contribution in [0.1, 0.15) is 16.7 Å². The van der Waals surface area contributed by atoms with Crippen molar-refractivity contribution in [3.05, 3.63) is 101 Å². The smallest absolute Gasteiger partial charge is 0.282 e. The summed E-state index contributed by atoms with van der Waals surface area (Å²) in [5.74, 6) is -0.220. The standard InChI is InChI=1S/C24H20N2O3/c1-17-8-7-9-18(14-17)16-29-22-13-6-5-10-19(22)15-21-23(27)25-26(24(21)28)20-11-3-2-4-12-20/h2-15H,16H2,1H3,(H,25,27). The minimum Gasteiger partial charge on any atom is -0.488 e. The van der Waals surface area contributed by atoms with Crippen molar-refractivity contribution in [2.24, 2.45) is 0 Å². The molecule has 1 saturated heterocycles. The van der Waals surface area contributed by atoms with Crippen LogP contribution in [0.25, 0.3) is 6.08 Å². The summed E-state index contributed by atoms with van der Waals surface area (Å²) in [6.45, 7) is 2.43. The van der Waals surface area contributed by atoms with Gasteiger partial charge in [0.15, 0.2) is 0 Å². The van der Waals surface area contributed by atoms with Gasteiger partial charge in [0.25, 0.3) is 11.8 Å². The lowest BCUT2D eigenvalue weighted by Crippen LogP contribution is -2.35. The van der Waals surface area contributed by atoms with Crippen molar-refractivity contribution in [1.29, 1.82) is 0 Å². The summed E-state index contributed by atoms with van der Waals surface area (Å²) in [4.78, 5) is 25.2. The van der Waals surface area contributed by atoms with Crippen LogP contribution in [-0.2, 0) is 16.2 Å². The summed E-state index contributed by atoms with van der Waals surface area (Å²) < 4.78 is 5.97. The summed E-state index contributed by atoms with van der Waals surface area (Å²) in [6, 6.07) is 24.4. The van der Waals surface area contributed by atoms with Crippen LogP contribution in [0.2, 0.25) is 0 Å². The molecule has 0 unspecified atom stereocenters. The molecule has 0 saturated carbocycles. The Bertz CT molecular complexity index is 1090. The highest BCUT2D eigenvalue weighted by Gasteiger charge is 2.34. The van der Waals surface area contributed by atoms with E-state index in [-0.39, 0.29) is 5.57 Å². The molecule has 0 radical (unpaired) electrons. The van der Waals surface area contributed by atoms with Crippen molar-refractivity contribution in [3.8, 4) is 5.75 Å². The number of anilines is 1. The monoisotopic (exact) mass is 384 g/mol. The van der Waals surface area contributed by atoms with Crippen molar-refractivity contribution in [1.82, 2.24) is 5.43 Å². The highest BCUT2D eigenvalue weighted by molar-refractivity contribution is 6.31. The number of benzene rings is 3. The van der Waals surface area contributed by atoms with Gasteiger partial charge in [-0.05, 0) is 36.8 Å². The van der Waals surface area contributed by atoms with E-state index in [2.05, 4.69) is 11.5 Å².